The van der Waals surface area contributed by atoms with Crippen LogP contribution >= 0.6 is 24.0 Å². The largest absolute Gasteiger partial charge is 0.368 e. The number of hydrogen-bond acceptors (Lipinski definition) is 5. The molecule has 1 atom stereocenters. The molecule has 1 amide bonds. The van der Waals surface area contributed by atoms with Gasteiger partial charge >= 0.3 is 0 Å². The number of rotatable bonds is 3. The monoisotopic (exact) mass is 420 g/mol. The van der Waals surface area contributed by atoms with Crippen LogP contribution in [-0.4, -0.2) is 40.0 Å². The summed E-state index contributed by atoms with van der Waals surface area (Å²) in [5.41, 5.74) is 9.75. The number of pyridine rings is 2. The molecule has 1 saturated heterocycles. The van der Waals surface area contributed by atoms with E-state index < -0.39 is 0 Å². The van der Waals surface area contributed by atoms with E-state index in [1.807, 2.05) is 6.92 Å². The maximum Gasteiger partial charge on any atom is 0.257 e. The molecule has 0 saturated carbocycles. The maximum atomic E-state index is 12.7. The number of anilines is 2. The van der Waals surface area contributed by atoms with Gasteiger partial charge in [-0.1, -0.05) is 11.6 Å². The number of amides is 1. The average molecular weight is 421 g/mol. The highest BCUT2D eigenvalue weighted by Crippen LogP contribution is 2.38. The number of hydrogen-bond donors (Lipinski definition) is 3. The van der Waals surface area contributed by atoms with Gasteiger partial charge in [0.25, 0.3) is 5.91 Å². The Morgan fingerprint density at radius 3 is 2.96 bits per heavy atom. The minimum Gasteiger partial charge on any atom is -0.368 e. The highest BCUT2D eigenvalue weighted by atomic mass is 35.5. The zero-order valence-corrected chi connectivity index (χ0v) is 17.0. The van der Waals surface area contributed by atoms with Crippen LogP contribution in [0.3, 0.4) is 0 Å². The molecule has 1 aliphatic heterocycles. The van der Waals surface area contributed by atoms with Crippen LogP contribution in [0.15, 0.2) is 30.9 Å². The number of nitrogens with two attached hydrogens (primary N) is 1. The number of fused-ring (bicyclic) bond motifs is 1. The van der Waals surface area contributed by atoms with Gasteiger partial charge in [0.05, 0.1) is 33.5 Å². The van der Waals surface area contributed by atoms with E-state index in [0.717, 1.165) is 42.6 Å². The van der Waals surface area contributed by atoms with Crippen LogP contribution < -0.4 is 16.0 Å². The lowest BCUT2D eigenvalue weighted by Crippen LogP contribution is -2.43. The van der Waals surface area contributed by atoms with Crippen molar-refractivity contribution in [3.63, 3.8) is 0 Å². The number of piperidine rings is 1. The van der Waals surface area contributed by atoms with Crippen molar-refractivity contribution in [2.45, 2.75) is 25.8 Å². The fourth-order valence-electron chi connectivity index (χ4n) is 3.55. The van der Waals surface area contributed by atoms with Gasteiger partial charge < -0.3 is 20.9 Å². The topological polar surface area (TPSA) is 99.9 Å². The Hall–Kier alpha value is -2.35. The second-order valence-corrected chi connectivity index (χ2v) is 7.34. The van der Waals surface area contributed by atoms with Gasteiger partial charge in [-0.3, -0.25) is 9.78 Å². The van der Waals surface area contributed by atoms with E-state index in [2.05, 4.69) is 25.2 Å². The van der Waals surface area contributed by atoms with E-state index in [-0.39, 0.29) is 24.4 Å². The Kier molecular flexibility index (Phi) is 6.07. The first-order valence-electron chi connectivity index (χ1n) is 8.92. The zero-order valence-electron chi connectivity index (χ0n) is 15.4. The lowest BCUT2D eigenvalue weighted by molar-refractivity contribution is 0.102. The van der Waals surface area contributed by atoms with Gasteiger partial charge in [-0.25, -0.2) is 4.98 Å². The molecule has 3 aromatic rings. The number of aromatic nitrogens is 3. The highest BCUT2D eigenvalue weighted by Gasteiger charge is 2.24. The number of carbonyl (C=O) groups is 1. The molecule has 3 aromatic heterocycles. The van der Waals surface area contributed by atoms with E-state index in [1.165, 1.54) is 0 Å². The Balaban J connectivity index is 0.00000225. The quantitative estimate of drug-likeness (QED) is 0.601. The molecule has 28 heavy (non-hydrogen) atoms. The summed E-state index contributed by atoms with van der Waals surface area (Å²) < 4.78 is 0. The third-order valence-corrected chi connectivity index (χ3v) is 5.07. The smallest absolute Gasteiger partial charge is 0.257 e. The molecule has 4 heterocycles. The van der Waals surface area contributed by atoms with Crippen LogP contribution in [0.4, 0.5) is 11.4 Å². The summed E-state index contributed by atoms with van der Waals surface area (Å²) in [6.45, 7) is 3.49. The molecular formula is C19H22Cl2N6O. The molecule has 0 radical (unpaired) electrons. The number of H-pyrrole nitrogens is 1. The molecule has 9 heteroatoms. The molecule has 0 bridgehead atoms. The summed E-state index contributed by atoms with van der Waals surface area (Å²) in [6.07, 6.45) is 8.63. The van der Waals surface area contributed by atoms with Crippen molar-refractivity contribution in [2.75, 3.05) is 23.3 Å². The number of nitrogens with zero attached hydrogens (tertiary/aromatic N) is 3. The predicted molar refractivity (Wildman–Crippen MR) is 115 cm³/mol. The van der Waals surface area contributed by atoms with Gasteiger partial charge in [0, 0.05) is 37.7 Å². The van der Waals surface area contributed by atoms with Crippen LogP contribution in [0.5, 0.6) is 0 Å². The Bertz CT molecular complexity index is 1010. The standard InChI is InChI=1S/C19H21ClN6O.ClH/c1-11-5-12(7-22-6-11)19(27)25-15-9-24-18-16(15)17(14(20)8-23-18)26-4-2-3-13(21)10-26;/h5-9,13H,2-4,10,21H2,1H3,(H,23,24)(H,25,27);1H. The van der Waals surface area contributed by atoms with E-state index >= 15 is 0 Å². The van der Waals surface area contributed by atoms with E-state index in [0.29, 0.717) is 21.9 Å². The molecular weight excluding hydrogens is 399 g/mol. The van der Waals surface area contributed by atoms with Crippen LogP contribution in [0, 0.1) is 6.92 Å². The molecule has 1 fully saturated rings. The van der Waals surface area contributed by atoms with Crippen LogP contribution in [0.1, 0.15) is 28.8 Å². The molecule has 7 nitrogen and oxygen atoms in total. The van der Waals surface area contributed by atoms with Crippen molar-refractivity contribution in [1.82, 2.24) is 15.0 Å². The lowest BCUT2D eigenvalue weighted by Gasteiger charge is -2.33. The molecule has 1 unspecified atom stereocenters. The minimum absolute atomic E-state index is 0. The first kappa shape index (κ1) is 20.4. The molecule has 0 spiro atoms. The van der Waals surface area contributed by atoms with Gasteiger partial charge in [0.15, 0.2) is 0 Å². The summed E-state index contributed by atoms with van der Waals surface area (Å²) in [6, 6.07) is 1.90. The maximum absolute atomic E-state index is 12.7. The summed E-state index contributed by atoms with van der Waals surface area (Å²) in [5.74, 6) is -0.228. The Morgan fingerprint density at radius 1 is 1.39 bits per heavy atom. The SMILES string of the molecule is Cc1cncc(C(=O)Nc2c[nH]c3ncc(Cl)c(N4CCCC(N)C4)c23)c1.Cl. The number of nitrogens with one attached hydrogen (secondary N) is 2. The summed E-state index contributed by atoms with van der Waals surface area (Å²) in [5, 5.41) is 4.30. The second-order valence-electron chi connectivity index (χ2n) is 6.93. The molecule has 4 rings (SSSR count). The number of carbonyl (C=O) groups excluding carboxylic acids is 1. The predicted octanol–water partition coefficient (Wildman–Crippen LogP) is 3.52. The average Bonchev–Trinajstić information content (AvgIpc) is 3.04. The second kappa shape index (κ2) is 8.34. The lowest BCUT2D eigenvalue weighted by atomic mass is 10.1. The normalized spacial score (nSPS) is 16.7. The fraction of sp³-hybridized carbons (Fsp3) is 0.316. The van der Waals surface area contributed by atoms with Crippen LogP contribution in [0.2, 0.25) is 5.02 Å². The first-order valence-corrected chi connectivity index (χ1v) is 9.30. The van der Waals surface area contributed by atoms with Gasteiger partial charge in [-0.2, -0.15) is 0 Å². The first-order chi connectivity index (χ1) is 13.0. The van der Waals surface area contributed by atoms with Crippen LogP contribution in [0.25, 0.3) is 11.0 Å². The molecule has 148 valence electrons. The number of aromatic amines is 1. The Morgan fingerprint density at radius 2 is 2.21 bits per heavy atom. The van der Waals surface area contributed by atoms with Gasteiger partial charge in [0.1, 0.15) is 5.65 Å². The zero-order chi connectivity index (χ0) is 19.0. The number of aryl methyl sites for hydroxylation is 1. The molecule has 1 aliphatic rings. The third kappa shape index (κ3) is 3.92. The van der Waals surface area contributed by atoms with Crippen molar-refractivity contribution in [1.29, 1.82) is 0 Å². The van der Waals surface area contributed by atoms with E-state index in [4.69, 9.17) is 17.3 Å². The van der Waals surface area contributed by atoms with E-state index in [9.17, 15) is 4.79 Å². The van der Waals surface area contributed by atoms with Crippen molar-refractivity contribution in [3.05, 3.63) is 47.0 Å². The van der Waals surface area contributed by atoms with Crippen molar-refractivity contribution >= 4 is 52.3 Å². The third-order valence-electron chi connectivity index (χ3n) is 4.79. The fourth-order valence-corrected chi connectivity index (χ4v) is 3.81. The number of halogens is 2. The van der Waals surface area contributed by atoms with E-state index in [1.54, 1.807) is 30.9 Å². The van der Waals surface area contributed by atoms with Gasteiger partial charge in [-0.15, -0.1) is 12.4 Å². The minimum atomic E-state index is -0.228. The summed E-state index contributed by atoms with van der Waals surface area (Å²) >= 11 is 6.51. The highest BCUT2D eigenvalue weighted by molar-refractivity contribution is 6.35. The summed E-state index contributed by atoms with van der Waals surface area (Å²) in [7, 11) is 0. The van der Waals surface area contributed by atoms with Crippen molar-refractivity contribution < 1.29 is 4.79 Å². The molecule has 0 aliphatic carbocycles. The van der Waals surface area contributed by atoms with Crippen LogP contribution in [-0.2, 0) is 0 Å². The van der Waals surface area contributed by atoms with Crippen molar-refractivity contribution in [3.8, 4) is 0 Å². The molecule has 4 N–H and O–H groups in total. The Labute approximate surface area is 174 Å². The molecule has 0 aromatic carbocycles. The summed E-state index contributed by atoms with van der Waals surface area (Å²) in [4.78, 5) is 26.4. The van der Waals surface area contributed by atoms with Gasteiger partial charge in [-0.05, 0) is 31.4 Å². The van der Waals surface area contributed by atoms with Crippen molar-refractivity contribution in [2.24, 2.45) is 5.73 Å². The van der Waals surface area contributed by atoms with Gasteiger partial charge in [0.2, 0.25) is 0 Å².